The van der Waals surface area contributed by atoms with E-state index in [9.17, 15) is 4.39 Å². The number of nitrogens with zero attached hydrogens (tertiary/aromatic N) is 3. The predicted molar refractivity (Wildman–Crippen MR) is 164 cm³/mol. The normalized spacial score (nSPS) is 13.3. The molecule has 1 radical (unpaired) electrons. The van der Waals surface area contributed by atoms with Crippen LogP contribution in [0.4, 0.5) is 4.39 Å². The van der Waals surface area contributed by atoms with Gasteiger partial charge < -0.3 is 14.4 Å². The van der Waals surface area contributed by atoms with Gasteiger partial charge in [-0.15, -0.1) is 53.6 Å². The van der Waals surface area contributed by atoms with Crippen LogP contribution in [0.5, 0.6) is 0 Å². The summed E-state index contributed by atoms with van der Waals surface area (Å²) in [6.07, 6.45) is 3.60. The number of hydrogen-bond donors (Lipinski definition) is 0. The van der Waals surface area contributed by atoms with Gasteiger partial charge in [-0.2, -0.15) is 9.37 Å². The fourth-order valence-electron chi connectivity index (χ4n) is 4.25. The van der Waals surface area contributed by atoms with Crippen molar-refractivity contribution in [2.24, 2.45) is 0 Å². The van der Waals surface area contributed by atoms with E-state index in [-0.39, 0.29) is 25.8 Å². The second-order valence-electron chi connectivity index (χ2n) is 10.8. The molecule has 0 spiro atoms. The van der Waals surface area contributed by atoms with Crippen LogP contribution in [-0.2, 0) is 20.1 Å². The Labute approximate surface area is 261 Å². The molecule has 0 N–H and O–H groups in total. The van der Waals surface area contributed by atoms with Gasteiger partial charge in [-0.1, -0.05) is 75.1 Å². The number of benzene rings is 2. The molecule has 7 heteroatoms. The maximum absolute atomic E-state index is 13.4. The van der Waals surface area contributed by atoms with Gasteiger partial charge in [0.05, 0.1) is 13.7 Å². The minimum absolute atomic E-state index is 0. The smallest absolute Gasteiger partial charge is 0.218 e. The van der Waals surface area contributed by atoms with Crippen molar-refractivity contribution in [2.75, 3.05) is 0 Å². The molecule has 0 amide bonds. The van der Waals surface area contributed by atoms with Crippen molar-refractivity contribution >= 4 is 35.3 Å². The van der Waals surface area contributed by atoms with E-state index in [2.05, 4.69) is 52.8 Å². The summed E-state index contributed by atoms with van der Waals surface area (Å²) < 4.78 is 49.4. The number of rotatable bonds is 4. The van der Waals surface area contributed by atoms with E-state index < -0.39 is 26.8 Å². The van der Waals surface area contributed by atoms with Crippen LogP contribution >= 0.6 is 0 Å². The summed E-state index contributed by atoms with van der Waals surface area (Å²) in [6.45, 7) is 8.40. The Kier molecular flexibility index (Phi) is 7.72. The molecular weight excluding hydrogens is 706 g/mol. The second kappa shape index (κ2) is 12.6. The standard InChI is InChI=1S/C19H14FN2O.C15H18NSi.Ir/c1-11(2)12-8-9-21-16(10-12)15-5-3-4-13-14-6-7-17(20)22-19(14)23-18(13)15;1-12-5-7-13(8-6-12)15-10-9-14(11-16-15)17(2,3)4;/h3-4,6-11H,1-2H3;5-7,9-11H,1-4H3;/q2*-1;/i11D;1D3;. The van der Waals surface area contributed by atoms with Crippen molar-refractivity contribution in [3.63, 3.8) is 0 Å². The zero-order chi connectivity index (χ0) is 31.9. The summed E-state index contributed by atoms with van der Waals surface area (Å²) in [6, 6.07) is 25.5. The third kappa shape index (κ3) is 6.87. The predicted octanol–water partition coefficient (Wildman–Crippen LogP) is 8.51. The van der Waals surface area contributed by atoms with Gasteiger partial charge in [0, 0.05) is 43.4 Å². The second-order valence-corrected chi connectivity index (χ2v) is 15.9. The Morgan fingerprint density at radius 2 is 1.78 bits per heavy atom. The Hall–Kier alpha value is -3.51. The van der Waals surface area contributed by atoms with Gasteiger partial charge in [-0.05, 0) is 40.7 Å². The van der Waals surface area contributed by atoms with E-state index >= 15 is 0 Å². The zero-order valence-corrected chi connectivity index (χ0v) is 26.9. The van der Waals surface area contributed by atoms with Gasteiger partial charge in [-0.25, -0.2) is 0 Å². The molecule has 0 aliphatic carbocycles. The van der Waals surface area contributed by atoms with E-state index in [1.807, 2.05) is 44.3 Å². The molecule has 0 saturated carbocycles. The topological polar surface area (TPSA) is 51.8 Å². The molecular formula is C34H32FIrN3OSi-2. The molecule has 211 valence electrons. The number of fused-ring (bicyclic) bond motifs is 3. The monoisotopic (exact) mass is 742 g/mol. The van der Waals surface area contributed by atoms with Gasteiger partial charge in [0.15, 0.2) is 0 Å². The average Bonchev–Trinajstić information content (AvgIpc) is 3.34. The minimum Gasteiger partial charge on any atom is -0.486 e. The molecule has 41 heavy (non-hydrogen) atoms. The molecule has 0 bridgehead atoms. The Bertz CT molecular complexity index is 1880. The van der Waals surface area contributed by atoms with Crippen LogP contribution in [0.1, 0.15) is 36.4 Å². The largest absolute Gasteiger partial charge is 0.486 e. The van der Waals surface area contributed by atoms with Crippen molar-refractivity contribution in [3.8, 4) is 22.5 Å². The third-order valence-corrected chi connectivity index (χ3v) is 8.60. The molecule has 0 atom stereocenters. The number of hydrogen-bond acceptors (Lipinski definition) is 4. The molecule has 4 nitrogen and oxygen atoms in total. The average molecular weight is 742 g/mol. The van der Waals surface area contributed by atoms with Gasteiger partial charge in [-0.3, -0.25) is 0 Å². The molecule has 0 unspecified atom stereocenters. The van der Waals surface area contributed by atoms with Crippen molar-refractivity contribution in [1.82, 2.24) is 15.0 Å². The van der Waals surface area contributed by atoms with Gasteiger partial charge in [0.1, 0.15) is 0 Å². The van der Waals surface area contributed by atoms with Crippen molar-refractivity contribution in [3.05, 3.63) is 108 Å². The van der Waals surface area contributed by atoms with Crippen LogP contribution in [0.25, 0.3) is 44.6 Å². The third-order valence-electron chi connectivity index (χ3n) is 6.58. The zero-order valence-electron chi connectivity index (χ0n) is 27.5. The van der Waals surface area contributed by atoms with Gasteiger partial charge >= 0.3 is 0 Å². The van der Waals surface area contributed by atoms with Gasteiger partial charge in [0.25, 0.3) is 0 Å². The molecule has 0 saturated heterocycles. The summed E-state index contributed by atoms with van der Waals surface area (Å²) in [4.78, 5) is 12.7. The fraction of sp³-hybridized carbons (Fsp3) is 0.206. The summed E-state index contributed by atoms with van der Waals surface area (Å²) in [5.41, 5.74) is 4.96. The van der Waals surface area contributed by atoms with Crippen molar-refractivity contribution in [2.45, 2.75) is 46.2 Å². The molecule has 4 aromatic heterocycles. The number of furan rings is 1. The Morgan fingerprint density at radius 1 is 0.951 bits per heavy atom. The SMILES string of the molecule is [2H]C(C)(C)c1ccnc(-c2[c-]ccc3c2oc2nc(F)ccc23)c1.[2H]C([2H])([2H])c1c[c-]c(-c2ccc([Si](C)(C)C)cn2)cc1.[Ir]. The number of pyridine rings is 3. The van der Waals surface area contributed by atoms with Crippen LogP contribution in [0.3, 0.4) is 0 Å². The Balaban J connectivity index is 0.000000204. The Morgan fingerprint density at radius 3 is 2.44 bits per heavy atom. The first-order chi connectivity index (χ1) is 20.6. The van der Waals surface area contributed by atoms with Crippen molar-refractivity contribution < 1.29 is 34.4 Å². The van der Waals surface area contributed by atoms with Crippen LogP contribution in [0.2, 0.25) is 19.6 Å². The summed E-state index contributed by atoms with van der Waals surface area (Å²) in [5, 5.41) is 2.89. The van der Waals surface area contributed by atoms with Gasteiger partial charge in [0.2, 0.25) is 11.7 Å². The number of halogens is 1. The van der Waals surface area contributed by atoms with E-state index in [1.165, 1.54) is 17.3 Å². The van der Waals surface area contributed by atoms with E-state index in [1.54, 1.807) is 30.5 Å². The van der Waals surface area contributed by atoms with E-state index in [0.29, 0.717) is 22.4 Å². The quantitative estimate of drug-likeness (QED) is 0.103. The first-order valence-electron chi connectivity index (χ1n) is 15.0. The number of aromatic nitrogens is 3. The van der Waals surface area contributed by atoms with Crippen LogP contribution in [0, 0.1) is 24.9 Å². The van der Waals surface area contributed by atoms with E-state index in [0.717, 1.165) is 27.6 Å². The van der Waals surface area contributed by atoms with E-state index in [4.69, 9.17) is 9.90 Å². The van der Waals surface area contributed by atoms with Crippen LogP contribution in [0.15, 0.2) is 83.5 Å². The molecule has 0 fully saturated rings. The molecule has 0 aliphatic heterocycles. The summed E-state index contributed by atoms with van der Waals surface area (Å²) in [7, 11) is -1.34. The first kappa shape index (κ1) is 25.2. The fourth-order valence-corrected chi connectivity index (χ4v) is 5.28. The maximum atomic E-state index is 13.4. The molecule has 6 rings (SSSR count). The molecule has 4 heterocycles. The summed E-state index contributed by atoms with van der Waals surface area (Å²) in [5.74, 6) is -1.31. The first-order valence-corrected chi connectivity index (χ1v) is 16.5. The molecule has 6 aromatic rings. The molecule has 2 aromatic carbocycles. The minimum atomic E-state index is -2.08. The molecule has 0 aliphatic rings. The van der Waals surface area contributed by atoms with Crippen LogP contribution < -0.4 is 5.19 Å². The summed E-state index contributed by atoms with van der Waals surface area (Å²) >= 11 is 0. The van der Waals surface area contributed by atoms with Crippen molar-refractivity contribution in [1.29, 1.82) is 0 Å². The number of aryl methyl sites for hydroxylation is 1. The maximum Gasteiger partial charge on any atom is 0.218 e. The van der Waals surface area contributed by atoms with Crippen LogP contribution in [-0.4, -0.2) is 23.0 Å².